The minimum Gasteiger partial charge on any atom is -0.444 e. The summed E-state index contributed by atoms with van der Waals surface area (Å²) in [4.78, 5) is 40.9. The lowest BCUT2D eigenvalue weighted by atomic mass is 10.00. The van der Waals surface area contributed by atoms with Crippen LogP contribution in [0.5, 0.6) is 0 Å². The molecule has 0 bridgehead atoms. The first kappa shape index (κ1) is 26.0. The predicted molar refractivity (Wildman–Crippen MR) is 138 cm³/mol. The van der Waals surface area contributed by atoms with E-state index in [1.54, 1.807) is 31.7 Å². The first-order valence-electron chi connectivity index (χ1n) is 11.9. The fourth-order valence-electron chi connectivity index (χ4n) is 3.96. The van der Waals surface area contributed by atoms with Crippen molar-refractivity contribution >= 4 is 29.7 Å². The lowest BCUT2D eigenvalue weighted by Gasteiger charge is -2.32. The Kier molecular flexibility index (Phi) is 7.99. The number of ether oxygens (including phenoxy) is 1. The average Bonchev–Trinajstić information content (AvgIpc) is 3.62. The van der Waals surface area contributed by atoms with E-state index in [1.165, 1.54) is 0 Å². The van der Waals surface area contributed by atoms with Crippen LogP contribution in [0.4, 0.5) is 10.5 Å². The topological polar surface area (TPSA) is 87.7 Å². The second-order valence-electron chi connectivity index (χ2n) is 9.92. The third kappa shape index (κ3) is 6.94. The Hall–Kier alpha value is -3.61. The number of rotatable bonds is 8. The number of hydrogen-bond acceptors (Lipinski definition) is 4. The maximum atomic E-state index is 13.8. The van der Waals surface area contributed by atoms with Crippen molar-refractivity contribution in [2.24, 2.45) is 0 Å². The van der Waals surface area contributed by atoms with Gasteiger partial charge in [0.15, 0.2) is 0 Å². The molecule has 3 rings (SSSR count). The first-order chi connectivity index (χ1) is 16.5. The number of nitrogens with zero attached hydrogens (tertiary/aromatic N) is 1. The molecule has 2 N–H and O–H groups in total. The van der Waals surface area contributed by atoms with E-state index in [2.05, 4.69) is 17.2 Å². The van der Waals surface area contributed by atoms with E-state index >= 15 is 0 Å². The summed E-state index contributed by atoms with van der Waals surface area (Å²) in [6.45, 7) is 12.7. The fourth-order valence-corrected chi connectivity index (χ4v) is 3.96. The van der Waals surface area contributed by atoms with Gasteiger partial charge >= 0.3 is 6.09 Å². The number of benzene rings is 2. The Labute approximate surface area is 207 Å². The maximum Gasteiger partial charge on any atom is 0.408 e. The Morgan fingerprint density at radius 3 is 2.31 bits per heavy atom. The molecule has 1 aliphatic rings. The Balaban J connectivity index is 1.92. The van der Waals surface area contributed by atoms with Gasteiger partial charge in [-0.25, -0.2) is 4.79 Å². The summed E-state index contributed by atoms with van der Waals surface area (Å²) < 4.78 is 5.26. The summed E-state index contributed by atoms with van der Waals surface area (Å²) in [5.74, 6) is -0.648. The van der Waals surface area contributed by atoms with Crippen LogP contribution in [0.2, 0.25) is 0 Å². The number of nitrogens with one attached hydrogen (secondary N) is 2. The van der Waals surface area contributed by atoms with Gasteiger partial charge in [-0.05, 0) is 75.8 Å². The van der Waals surface area contributed by atoms with Crippen molar-refractivity contribution in [3.8, 4) is 0 Å². The van der Waals surface area contributed by atoms with Gasteiger partial charge in [0.25, 0.3) is 5.91 Å². The van der Waals surface area contributed by atoms with Crippen LogP contribution in [0.25, 0.3) is 6.08 Å². The molecule has 0 aliphatic heterocycles. The standard InChI is InChI=1S/C28H35N3O4/c1-7-20-12-9-13-21(16-20)25(26(33)30-24-18(2)10-8-11-19(24)3)31(22-14-15-22)23(32)17-29-27(34)35-28(4,5)6/h7-13,16,22,25H,1,14-15,17H2,2-6H3,(H,29,34)(H,30,33). The second kappa shape index (κ2) is 10.8. The molecule has 1 atom stereocenters. The number of para-hydroxylation sites is 1. The summed E-state index contributed by atoms with van der Waals surface area (Å²) in [5.41, 5.74) is 3.46. The zero-order valence-corrected chi connectivity index (χ0v) is 21.2. The monoisotopic (exact) mass is 477 g/mol. The highest BCUT2D eigenvalue weighted by atomic mass is 16.6. The van der Waals surface area contributed by atoms with Crippen LogP contribution >= 0.6 is 0 Å². The van der Waals surface area contributed by atoms with Gasteiger partial charge in [-0.2, -0.15) is 0 Å². The van der Waals surface area contributed by atoms with E-state index in [1.807, 2.05) is 56.3 Å². The highest BCUT2D eigenvalue weighted by Gasteiger charge is 2.41. The number of amides is 3. The van der Waals surface area contributed by atoms with E-state index in [9.17, 15) is 14.4 Å². The van der Waals surface area contributed by atoms with E-state index in [4.69, 9.17) is 4.74 Å². The number of anilines is 1. The molecule has 1 fully saturated rings. The highest BCUT2D eigenvalue weighted by molar-refractivity contribution is 5.99. The van der Waals surface area contributed by atoms with Gasteiger partial charge in [-0.1, -0.05) is 49.1 Å². The first-order valence-corrected chi connectivity index (χ1v) is 11.9. The van der Waals surface area contributed by atoms with Crippen molar-refractivity contribution < 1.29 is 19.1 Å². The molecule has 2 aromatic rings. The Morgan fingerprint density at radius 2 is 1.74 bits per heavy atom. The van der Waals surface area contributed by atoms with Crippen molar-refractivity contribution in [1.29, 1.82) is 0 Å². The molecule has 35 heavy (non-hydrogen) atoms. The summed E-state index contributed by atoms with van der Waals surface area (Å²) in [6, 6.07) is 12.3. The van der Waals surface area contributed by atoms with Crippen LogP contribution < -0.4 is 10.6 Å². The normalized spacial score (nSPS) is 14.0. The van der Waals surface area contributed by atoms with Crippen molar-refractivity contribution in [3.63, 3.8) is 0 Å². The molecule has 0 aromatic heterocycles. The van der Waals surface area contributed by atoms with Crippen LogP contribution in [0.3, 0.4) is 0 Å². The molecule has 0 saturated heterocycles. The van der Waals surface area contributed by atoms with Gasteiger partial charge < -0.3 is 20.3 Å². The molecule has 1 saturated carbocycles. The zero-order chi connectivity index (χ0) is 25.8. The lowest BCUT2D eigenvalue weighted by Crippen LogP contribution is -2.47. The Morgan fingerprint density at radius 1 is 1.11 bits per heavy atom. The number of hydrogen-bond donors (Lipinski definition) is 2. The molecule has 0 heterocycles. The van der Waals surface area contributed by atoms with Gasteiger partial charge in [-0.15, -0.1) is 0 Å². The van der Waals surface area contributed by atoms with Crippen molar-refractivity contribution in [3.05, 3.63) is 71.3 Å². The van der Waals surface area contributed by atoms with Crippen LogP contribution in [0.1, 0.15) is 61.9 Å². The molecule has 0 spiro atoms. The van der Waals surface area contributed by atoms with Crippen LogP contribution in [0.15, 0.2) is 49.0 Å². The molecule has 7 nitrogen and oxygen atoms in total. The molecule has 3 amide bonds. The van der Waals surface area contributed by atoms with Gasteiger partial charge in [0.2, 0.25) is 5.91 Å². The van der Waals surface area contributed by atoms with Crippen LogP contribution in [0, 0.1) is 13.8 Å². The summed E-state index contributed by atoms with van der Waals surface area (Å²) in [7, 11) is 0. The van der Waals surface area contributed by atoms with E-state index in [0.717, 1.165) is 35.2 Å². The molecule has 186 valence electrons. The third-order valence-corrected chi connectivity index (χ3v) is 5.73. The SMILES string of the molecule is C=Cc1cccc(C(C(=O)Nc2c(C)cccc2C)N(C(=O)CNC(=O)OC(C)(C)C)C2CC2)c1. The highest BCUT2D eigenvalue weighted by Crippen LogP contribution is 2.36. The van der Waals surface area contributed by atoms with Gasteiger partial charge in [0.1, 0.15) is 18.2 Å². The molecule has 7 heteroatoms. The van der Waals surface area contributed by atoms with Gasteiger partial charge in [0, 0.05) is 11.7 Å². The summed E-state index contributed by atoms with van der Waals surface area (Å²) >= 11 is 0. The average molecular weight is 478 g/mol. The minimum atomic E-state index is -0.866. The van der Waals surface area contributed by atoms with Crippen molar-refractivity contribution in [1.82, 2.24) is 10.2 Å². The molecule has 1 aliphatic carbocycles. The zero-order valence-electron chi connectivity index (χ0n) is 21.2. The van der Waals surface area contributed by atoms with E-state index < -0.39 is 17.7 Å². The lowest BCUT2D eigenvalue weighted by molar-refractivity contribution is -0.138. The predicted octanol–water partition coefficient (Wildman–Crippen LogP) is 5.14. The van der Waals surface area contributed by atoms with Crippen molar-refractivity contribution in [2.75, 3.05) is 11.9 Å². The van der Waals surface area contributed by atoms with Crippen LogP contribution in [-0.4, -0.2) is 41.0 Å². The van der Waals surface area contributed by atoms with Gasteiger partial charge in [-0.3, -0.25) is 9.59 Å². The molecule has 2 aromatic carbocycles. The minimum absolute atomic E-state index is 0.0796. The number of aryl methyl sites for hydroxylation is 2. The number of alkyl carbamates (subject to hydrolysis) is 1. The Bertz CT molecular complexity index is 1100. The molecule has 1 unspecified atom stereocenters. The van der Waals surface area contributed by atoms with E-state index in [-0.39, 0.29) is 24.4 Å². The molecule has 0 radical (unpaired) electrons. The smallest absolute Gasteiger partial charge is 0.408 e. The summed E-state index contributed by atoms with van der Waals surface area (Å²) in [5, 5.41) is 5.60. The molecular weight excluding hydrogens is 442 g/mol. The van der Waals surface area contributed by atoms with Crippen molar-refractivity contribution in [2.45, 2.75) is 65.1 Å². The fraction of sp³-hybridized carbons (Fsp3) is 0.393. The summed E-state index contributed by atoms with van der Waals surface area (Å²) in [6.07, 6.45) is 2.63. The largest absolute Gasteiger partial charge is 0.444 e. The maximum absolute atomic E-state index is 13.8. The number of carbonyl (C=O) groups is 3. The van der Waals surface area contributed by atoms with Gasteiger partial charge in [0.05, 0.1) is 0 Å². The van der Waals surface area contributed by atoms with E-state index in [0.29, 0.717) is 5.56 Å². The number of carbonyl (C=O) groups excluding carboxylic acids is 3. The second-order valence-corrected chi connectivity index (χ2v) is 9.92. The quantitative estimate of drug-likeness (QED) is 0.551. The molecular formula is C28H35N3O4. The third-order valence-electron chi connectivity index (χ3n) is 5.73. The van der Waals surface area contributed by atoms with Crippen LogP contribution in [-0.2, 0) is 14.3 Å².